The van der Waals surface area contributed by atoms with E-state index in [4.69, 9.17) is 9.47 Å². The number of rotatable bonds is 10. The molecule has 2 heterocycles. The number of hydrogen-bond acceptors (Lipinski definition) is 6. The third kappa shape index (κ3) is 6.14. The van der Waals surface area contributed by atoms with Crippen LogP contribution in [-0.4, -0.2) is 67.7 Å². The van der Waals surface area contributed by atoms with Crippen LogP contribution in [0, 0.1) is 6.92 Å². The number of aryl methyl sites for hydroxylation is 1. The van der Waals surface area contributed by atoms with Gasteiger partial charge in [0, 0.05) is 18.5 Å². The Morgan fingerprint density at radius 1 is 1.14 bits per heavy atom. The number of morpholine rings is 1. The number of nitrogens with zero attached hydrogens (tertiary/aromatic N) is 1. The minimum atomic E-state index is -0.798. The summed E-state index contributed by atoms with van der Waals surface area (Å²) < 4.78 is 11.2. The Labute approximate surface area is 218 Å². The normalized spacial score (nSPS) is 19.9. The second-order valence-corrected chi connectivity index (χ2v) is 9.71. The molecule has 1 unspecified atom stereocenters. The Hall–Kier alpha value is -3.36. The van der Waals surface area contributed by atoms with E-state index in [1.165, 1.54) is 21.9 Å². The number of quaternary nitrogens is 1. The van der Waals surface area contributed by atoms with E-state index in [1.54, 1.807) is 30.3 Å². The number of ether oxygens (including phenoxy) is 2. The van der Waals surface area contributed by atoms with Crippen molar-refractivity contribution in [1.29, 1.82) is 0 Å². The van der Waals surface area contributed by atoms with Crippen molar-refractivity contribution >= 4 is 17.4 Å². The van der Waals surface area contributed by atoms with E-state index in [0.717, 1.165) is 51.3 Å². The van der Waals surface area contributed by atoms with Gasteiger partial charge in [-0.1, -0.05) is 37.3 Å². The number of ketones is 1. The standard InChI is InChI=1S/C29H36N2O6/c1-3-4-16-37-24-11-8-22(19-20(24)2)27(33)25-26(21-6-9-23(32)10-7-21)31(29(35)28(25)34)13-5-12-30-14-17-36-18-15-30/h6-11,19,26,32-33H,3-5,12-18H2,1-2H3. The van der Waals surface area contributed by atoms with Crippen LogP contribution in [0.4, 0.5) is 0 Å². The summed E-state index contributed by atoms with van der Waals surface area (Å²) >= 11 is 0. The fourth-order valence-electron chi connectivity index (χ4n) is 4.95. The van der Waals surface area contributed by atoms with Crippen LogP contribution in [-0.2, 0) is 14.3 Å². The second-order valence-electron chi connectivity index (χ2n) is 9.71. The summed E-state index contributed by atoms with van der Waals surface area (Å²) in [7, 11) is 0. The molecule has 37 heavy (non-hydrogen) atoms. The molecule has 2 saturated heterocycles. The molecule has 0 aromatic heterocycles. The van der Waals surface area contributed by atoms with Crippen molar-refractivity contribution < 1.29 is 34.2 Å². The number of hydrogen-bond donors (Lipinski definition) is 2. The minimum absolute atomic E-state index is 0.0477. The number of likely N-dealkylation sites (tertiary alicyclic amines) is 1. The average molecular weight is 509 g/mol. The first-order valence-corrected chi connectivity index (χ1v) is 13.1. The first-order chi connectivity index (χ1) is 17.9. The van der Waals surface area contributed by atoms with E-state index in [0.29, 0.717) is 36.4 Å². The molecule has 2 aliphatic heterocycles. The lowest BCUT2D eigenvalue weighted by Crippen LogP contribution is -3.14. The lowest BCUT2D eigenvalue weighted by atomic mass is 9.94. The second kappa shape index (κ2) is 12.3. The summed E-state index contributed by atoms with van der Waals surface area (Å²) in [5.41, 5.74) is 1.72. The number of aromatic hydroxyl groups is 1. The predicted octanol–water partition coefficient (Wildman–Crippen LogP) is 1.41. The lowest BCUT2D eigenvalue weighted by Gasteiger charge is -2.29. The van der Waals surface area contributed by atoms with Crippen molar-refractivity contribution in [2.24, 2.45) is 0 Å². The molecule has 2 aromatic carbocycles. The molecule has 2 fully saturated rings. The van der Waals surface area contributed by atoms with Gasteiger partial charge in [-0.2, -0.15) is 0 Å². The molecule has 0 bridgehead atoms. The molecule has 0 spiro atoms. The van der Waals surface area contributed by atoms with Crippen LogP contribution in [0.15, 0.2) is 48.0 Å². The highest BCUT2D eigenvalue weighted by Crippen LogP contribution is 2.39. The number of carbonyl (C=O) groups is 2. The highest BCUT2D eigenvalue weighted by atomic mass is 16.5. The Morgan fingerprint density at radius 2 is 1.86 bits per heavy atom. The van der Waals surface area contributed by atoms with Gasteiger partial charge in [-0.25, -0.2) is 0 Å². The topological polar surface area (TPSA) is 104 Å². The molecule has 8 heteroatoms. The fraction of sp³-hybridized carbons (Fsp3) is 0.448. The van der Waals surface area contributed by atoms with E-state index in [2.05, 4.69) is 6.92 Å². The van der Waals surface area contributed by atoms with Crippen LogP contribution >= 0.6 is 0 Å². The molecule has 0 saturated carbocycles. The van der Waals surface area contributed by atoms with Crippen molar-refractivity contribution in [3.63, 3.8) is 0 Å². The van der Waals surface area contributed by atoms with Crippen LogP contribution in [0.5, 0.6) is 11.5 Å². The van der Waals surface area contributed by atoms with Crippen LogP contribution < -0.4 is 14.7 Å². The van der Waals surface area contributed by atoms with Gasteiger partial charge in [0.05, 0.1) is 32.4 Å². The van der Waals surface area contributed by atoms with E-state index < -0.39 is 23.5 Å². The summed E-state index contributed by atoms with van der Waals surface area (Å²) in [5, 5.41) is 23.5. The van der Waals surface area contributed by atoms with Gasteiger partial charge >= 0.3 is 0 Å². The zero-order chi connectivity index (χ0) is 26.4. The predicted molar refractivity (Wildman–Crippen MR) is 137 cm³/mol. The van der Waals surface area contributed by atoms with Gasteiger partial charge in [0.15, 0.2) is 0 Å². The Balaban J connectivity index is 1.64. The molecule has 0 radical (unpaired) electrons. The fourth-order valence-corrected chi connectivity index (χ4v) is 4.95. The van der Waals surface area contributed by atoms with E-state index in [9.17, 15) is 19.8 Å². The maximum Gasteiger partial charge on any atom is 0.295 e. The van der Waals surface area contributed by atoms with Gasteiger partial charge in [0.25, 0.3) is 5.91 Å². The van der Waals surface area contributed by atoms with Gasteiger partial charge < -0.3 is 29.5 Å². The van der Waals surface area contributed by atoms with Gasteiger partial charge in [-0.3, -0.25) is 9.59 Å². The van der Waals surface area contributed by atoms with Gasteiger partial charge in [0.2, 0.25) is 5.78 Å². The molecule has 2 N–H and O–H groups in total. The van der Waals surface area contributed by atoms with Crippen molar-refractivity contribution in [3.8, 4) is 11.5 Å². The minimum Gasteiger partial charge on any atom is -0.872 e. The van der Waals surface area contributed by atoms with Crippen molar-refractivity contribution in [3.05, 3.63) is 64.7 Å². The molecule has 198 valence electrons. The summed E-state index contributed by atoms with van der Waals surface area (Å²) in [6.45, 7) is 9.05. The number of nitrogens with one attached hydrogen (secondary N) is 1. The first kappa shape index (κ1) is 26.7. The Morgan fingerprint density at radius 3 is 2.54 bits per heavy atom. The Kier molecular flexibility index (Phi) is 8.84. The number of unbranched alkanes of at least 4 members (excludes halogenated alkanes) is 1. The average Bonchev–Trinajstić information content (AvgIpc) is 3.15. The lowest BCUT2D eigenvalue weighted by molar-refractivity contribution is -0.908. The van der Waals surface area contributed by atoms with E-state index in [-0.39, 0.29) is 11.3 Å². The van der Waals surface area contributed by atoms with E-state index >= 15 is 0 Å². The van der Waals surface area contributed by atoms with Crippen LogP contribution in [0.2, 0.25) is 0 Å². The maximum atomic E-state index is 13.7. The van der Waals surface area contributed by atoms with Crippen molar-refractivity contribution in [2.45, 2.75) is 39.2 Å². The number of Topliss-reactive ketones (excluding diaryl/α,β-unsaturated/α-hetero) is 1. The SMILES string of the molecule is CCCCOc1ccc(C([O-])=C2C(=O)C(=O)N(CCC[NH+]3CCOCC3)C2c2ccc(O)cc2)cc1C. The van der Waals surface area contributed by atoms with Crippen LogP contribution in [0.1, 0.15) is 48.9 Å². The van der Waals surface area contributed by atoms with Crippen molar-refractivity contribution in [2.75, 3.05) is 46.0 Å². The van der Waals surface area contributed by atoms with E-state index in [1.807, 2.05) is 6.92 Å². The molecule has 2 aromatic rings. The monoisotopic (exact) mass is 508 g/mol. The maximum absolute atomic E-state index is 13.7. The molecule has 1 atom stereocenters. The zero-order valence-corrected chi connectivity index (χ0v) is 21.6. The molecule has 1 amide bonds. The number of phenolic OH excluding ortho intramolecular Hbond substituents is 1. The third-order valence-corrected chi connectivity index (χ3v) is 7.06. The highest BCUT2D eigenvalue weighted by molar-refractivity contribution is 6.46. The number of carbonyl (C=O) groups excluding carboxylic acids is 2. The molecule has 8 nitrogen and oxygen atoms in total. The van der Waals surface area contributed by atoms with Gasteiger partial charge in [-0.05, 0) is 54.3 Å². The summed E-state index contributed by atoms with van der Waals surface area (Å²) in [6.07, 6.45) is 2.66. The quantitative estimate of drug-likeness (QED) is 0.218. The number of benzene rings is 2. The number of amides is 1. The molecule has 2 aliphatic rings. The summed E-state index contributed by atoms with van der Waals surface area (Å²) in [5.74, 6) is -1.10. The van der Waals surface area contributed by atoms with Crippen molar-refractivity contribution in [1.82, 2.24) is 4.90 Å². The van der Waals surface area contributed by atoms with Crippen LogP contribution in [0.3, 0.4) is 0 Å². The number of phenols is 1. The third-order valence-electron chi connectivity index (χ3n) is 7.06. The van der Waals surface area contributed by atoms with Gasteiger partial charge in [-0.15, -0.1) is 0 Å². The Bertz CT molecular complexity index is 1140. The van der Waals surface area contributed by atoms with Crippen LogP contribution in [0.25, 0.3) is 5.76 Å². The first-order valence-electron chi connectivity index (χ1n) is 13.1. The molecule has 0 aliphatic carbocycles. The smallest absolute Gasteiger partial charge is 0.295 e. The molecular formula is C29H36N2O6. The highest BCUT2D eigenvalue weighted by Gasteiger charge is 2.44. The summed E-state index contributed by atoms with van der Waals surface area (Å²) in [4.78, 5) is 29.3. The van der Waals surface area contributed by atoms with Gasteiger partial charge in [0.1, 0.15) is 24.6 Å². The molecular weight excluding hydrogens is 472 g/mol. The zero-order valence-electron chi connectivity index (χ0n) is 21.6. The largest absolute Gasteiger partial charge is 0.872 e. The summed E-state index contributed by atoms with van der Waals surface area (Å²) in [6, 6.07) is 10.7. The molecule has 4 rings (SSSR count).